The van der Waals surface area contributed by atoms with E-state index in [0.717, 1.165) is 0 Å². The molecule has 0 aliphatic rings. The van der Waals surface area contributed by atoms with Crippen molar-refractivity contribution in [3.05, 3.63) is 0 Å². The Hall–Kier alpha value is -2.18. The summed E-state index contributed by atoms with van der Waals surface area (Å²) in [7, 11) is 0. The van der Waals surface area contributed by atoms with E-state index in [1.165, 1.54) is 0 Å². The van der Waals surface area contributed by atoms with Crippen molar-refractivity contribution >= 4 is 0 Å². The first kappa shape index (κ1) is 46.8. The van der Waals surface area contributed by atoms with E-state index < -0.39 is 102 Å². The van der Waals surface area contributed by atoms with Crippen LogP contribution in [0.1, 0.15) is 6.42 Å². The third kappa shape index (κ3) is 5.93. The summed E-state index contributed by atoms with van der Waals surface area (Å²) in [6.45, 7) is 0. The first-order valence-electron chi connectivity index (χ1n) is 10.6. The fourth-order valence-electron chi connectivity index (χ4n) is 2.88. The van der Waals surface area contributed by atoms with Gasteiger partial charge in [-0.25, -0.2) is 0 Å². The van der Waals surface area contributed by atoms with Crippen LogP contribution in [0.4, 0.5) is 132 Å². The summed E-state index contributed by atoms with van der Waals surface area (Å²) >= 11 is 0. The van der Waals surface area contributed by atoms with E-state index in [0.29, 0.717) is 0 Å². The molecule has 0 saturated carbocycles. The molecule has 296 valence electrons. The van der Waals surface area contributed by atoms with Crippen LogP contribution in [0.15, 0.2) is 0 Å². The van der Waals surface area contributed by atoms with Gasteiger partial charge in [0.15, 0.2) is 0 Å². The molecule has 0 aliphatic heterocycles. The highest BCUT2D eigenvalue weighted by Crippen LogP contribution is 2.65. The van der Waals surface area contributed by atoms with Crippen LogP contribution >= 0.6 is 0 Å². The normalized spacial score (nSPS) is 18.1. The first-order valence-corrected chi connectivity index (χ1v) is 10.6. The Balaban J connectivity index is 6.95. The van der Waals surface area contributed by atoms with Crippen LogP contribution in [0, 0.1) is 0 Å². The highest BCUT2D eigenvalue weighted by Gasteiger charge is 2.95. The summed E-state index contributed by atoms with van der Waals surface area (Å²) < 4.78 is 394. The minimum atomic E-state index is -9.13. The quantitative estimate of drug-likeness (QED) is 0.172. The molecule has 2 unspecified atom stereocenters. The molecule has 32 heteroatoms. The average molecular weight is 812 g/mol. The molecular formula is C17H6F30O2. The summed E-state index contributed by atoms with van der Waals surface area (Å²) in [6, 6.07) is 0. The summed E-state index contributed by atoms with van der Waals surface area (Å²) in [5, 5.41) is 17.6. The van der Waals surface area contributed by atoms with E-state index in [1.54, 1.807) is 0 Å². The Kier molecular flexibility index (Phi) is 11.1. The van der Waals surface area contributed by atoms with E-state index >= 15 is 0 Å². The molecule has 0 heterocycles. The lowest BCUT2D eigenvalue weighted by Gasteiger charge is -2.43. The zero-order valence-electron chi connectivity index (χ0n) is 21.1. The van der Waals surface area contributed by atoms with Crippen LogP contribution in [0.25, 0.3) is 0 Å². The molecular weight excluding hydrogens is 806 g/mol. The molecule has 0 saturated heterocycles. The zero-order valence-corrected chi connectivity index (χ0v) is 21.1. The summed E-state index contributed by atoms with van der Waals surface area (Å²) in [5.41, 5.74) is 0. The highest BCUT2D eigenvalue weighted by molar-refractivity contribution is 5.16. The molecule has 0 aliphatic carbocycles. The number of halogens is 30. The molecule has 0 amide bonds. The van der Waals surface area contributed by atoms with Crippen molar-refractivity contribution in [1.82, 2.24) is 0 Å². The van der Waals surface area contributed by atoms with Crippen LogP contribution in [-0.4, -0.2) is 106 Å². The van der Waals surface area contributed by atoms with Crippen LogP contribution in [-0.2, 0) is 0 Å². The third-order valence-electron chi connectivity index (χ3n) is 5.99. The minimum Gasteiger partial charge on any atom is -0.386 e. The van der Waals surface area contributed by atoms with Crippen molar-refractivity contribution in [3.63, 3.8) is 0 Å². The second-order valence-electron chi connectivity index (χ2n) is 9.25. The lowest BCUT2D eigenvalue weighted by atomic mass is 9.85. The molecule has 0 rings (SSSR count). The Morgan fingerprint density at radius 2 is 0.388 bits per heavy atom. The summed E-state index contributed by atoms with van der Waals surface area (Å²) in [4.78, 5) is 0. The maximum atomic E-state index is 13.8. The number of rotatable bonds is 14. The van der Waals surface area contributed by atoms with Gasteiger partial charge in [-0.05, 0) is 0 Å². The highest BCUT2D eigenvalue weighted by atomic mass is 19.4. The summed E-state index contributed by atoms with van der Waals surface area (Å²) in [6.07, 6.45) is -32.4. The van der Waals surface area contributed by atoms with Gasteiger partial charge in [0.25, 0.3) is 0 Å². The molecule has 0 fully saturated rings. The molecule has 0 radical (unpaired) electrons. The van der Waals surface area contributed by atoms with Gasteiger partial charge in [0.2, 0.25) is 0 Å². The molecule has 2 atom stereocenters. The van der Waals surface area contributed by atoms with Crippen molar-refractivity contribution in [2.75, 3.05) is 0 Å². The van der Waals surface area contributed by atoms with Crippen LogP contribution in [0.3, 0.4) is 0 Å². The SMILES string of the molecule is OC(CC(O)C(F)(F)C(F)(F)C(F)(F)C(F)(F)C(F)(F)C(F)(F)C(F)(F)F)C(F)(F)C(F)(F)C(F)(F)C(F)(F)C(F)(F)C(F)(F)C(F)(F)F. The fraction of sp³-hybridized carbons (Fsp3) is 1.00. The van der Waals surface area contributed by atoms with Gasteiger partial charge in [0, 0.05) is 6.42 Å². The minimum absolute atomic E-state index is 4.31. The molecule has 0 spiro atoms. The van der Waals surface area contributed by atoms with Gasteiger partial charge >= 0.3 is 83.4 Å². The topological polar surface area (TPSA) is 40.5 Å². The van der Waals surface area contributed by atoms with Gasteiger partial charge in [-0.1, -0.05) is 0 Å². The molecule has 49 heavy (non-hydrogen) atoms. The van der Waals surface area contributed by atoms with Crippen molar-refractivity contribution in [3.8, 4) is 0 Å². The van der Waals surface area contributed by atoms with Gasteiger partial charge in [-0.15, -0.1) is 0 Å². The Labute approximate surface area is 245 Å². The van der Waals surface area contributed by atoms with Crippen molar-refractivity contribution in [2.45, 2.75) is 102 Å². The number of hydrogen-bond acceptors (Lipinski definition) is 2. The van der Waals surface area contributed by atoms with Crippen molar-refractivity contribution < 1.29 is 142 Å². The molecule has 0 aromatic heterocycles. The summed E-state index contributed by atoms with van der Waals surface area (Å²) in [5.74, 6) is -106. The predicted molar refractivity (Wildman–Crippen MR) is 88.1 cm³/mol. The zero-order chi connectivity index (χ0) is 40.9. The maximum Gasteiger partial charge on any atom is 0.460 e. The monoisotopic (exact) mass is 812 g/mol. The van der Waals surface area contributed by atoms with E-state index in [2.05, 4.69) is 0 Å². The van der Waals surface area contributed by atoms with Crippen LogP contribution < -0.4 is 0 Å². The number of hydrogen-bond donors (Lipinski definition) is 2. The van der Waals surface area contributed by atoms with E-state index in [9.17, 15) is 132 Å². The van der Waals surface area contributed by atoms with Gasteiger partial charge in [-0.3, -0.25) is 0 Å². The number of aliphatic hydroxyl groups excluding tert-OH is 2. The predicted octanol–water partition coefficient (Wildman–Crippen LogP) is 8.85. The van der Waals surface area contributed by atoms with Crippen LogP contribution in [0.2, 0.25) is 0 Å². The first-order chi connectivity index (χ1) is 20.5. The smallest absolute Gasteiger partial charge is 0.386 e. The molecule has 0 bridgehead atoms. The van der Waals surface area contributed by atoms with Crippen molar-refractivity contribution in [1.29, 1.82) is 0 Å². The van der Waals surface area contributed by atoms with Gasteiger partial charge in [0.05, 0.1) is 0 Å². The second-order valence-corrected chi connectivity index (χ2v) is 9.25. The Morgan fingerprint density at radius 3 is 0.551 bits per heavy atom. The number of alkyl halides is 30. The molecule has 2 nitrogen and oxygen atoms in total. The van der Waals surface area contributed by atoms with Gasteiger partial charge in [-0.2, -0.15) is 132 Å². The van der Waals surface area contributed by atoms with E-state index in [4.69, 9.17) is 10.2 Å². The second kappa shape index (κ2) is 11.7. The molecule has 0 aromatic rings. The van der Waals surface area contributed by atoms with E-state index in [-0.39, 0.29) is 0 Å². The molecule has 0 aromatic carbocycles. The van der Waals surface area contributed by atoms with E-state index in [1.807, 2.05) is 0 Å². The van der Waals surface area contributed by atoms with Gasteiger partial charge in [0.1, 0.15) is 12.2 Å². The average Bonchev–Trinajstić information content (AvgIpc) is 2.85. The van der Waals surface area contributed by atoms with Crippen LogP contribution in [0.5, 0.6) is 0 Å². The lowest BCUT2D eigenvalue weighted by Crippen LogP contribution is -2.74. The third-order valence-corrected chi connectivity index (χ3v) is 5.99. The molecule has 2 N–H and O–H groups in total. The Morgan fingerprint density at radius 1 is 0.245 bits per heavy atom. The standard InChI is InChI=1S/C17H6F30O2/c18-4(19,6(22,23)8(26,27)10(30,31)12(34,35)14(38,39)16(42,43)44)2(48)1-3(49)5(20,21)7(24,25)9(28,29)11(32,33)13(36,37)15(40,41)17(45,46)47/h2-3,48-49H,1H2. The van der Waals surface area contributed by atoms with Gasteiger partial charge < -0.3 is 10.2 Å². The largest absolute Gasteiger partial charge is 0.460 e. The number of aliphatic hydroxyl groups is 2. The fourth-order valence-corrected chi connectivity index (χ4v) is 2.88. The lowest BCUT2D eigenvalue weighted by molar-refractivity contribution is -0.458. The maximum absolute atomic E-state index is 13.8. The van der Waals surface area contributed by atoms with Crippen molar-refractivity contribution in [2.24, 2.45) is 0 Å². The Bertz CT molecular complexity index is 1080.